The number of nitrogens with one attached hydrogen (secondary N) is 1. The number of nitrogens with zero attached hydrogens (tertiary/aromatic N) is 1. The molecule has 0 unspecified atom stereocenters. The van der Waals surface area contributed by atoms with Gasteiger partial charge in [0, 0.05) is 38.2 Å². The molecule has 1 fully saturated rings. The molecule has 0 spiro atoms. The van der Waals surface area contributed by atoms with Crippen LogP contribution >= 0.6 is 0 Å². The van der Waals surface area contributed by atoms with Gasteiger partial charge in [-0.3, -0.25) is 4.79 Å². The fourth-order valence-electron chi connectivity index (χ4n) is 2.66. The molecule has 0 radical (unpaired) electrons. The lowest BCUT2D eigenvalue weighted by atomic mass is 9.93. The second-order valence-electron chi connectivity index (χ2n) is 5.38. The number of Topliss-reactive ketones (excluding diaryl/α,β-unsaturated/α-hetero) is 1. The first kappa shape index (κ1) is 16.0. The van der Waals surface area contributed by atoms with E-state index in [1.807, 2.05) is 19.2 Å². The standard InChI is InChI=1S/C15H22N2O3S/c1-3-16-21(19,20)15-10-6-13(7-11-15)17(2)12-4-8-14(18)9-5-12/h6-7,10-12,16H,3-5,8-9H2,1-2H3. The van der Waals surface area contributed by atoms with Gasteiger partial charge in [-0.25, -0.2) is 13.1 Å². The average Bonchev–Trinajstić information content (AvgIpc) is 2.47. The molecule has 1 aliphatic rings. The van der Waals surface area contributed by atoms with E-state index in [9.17, 15) is 13.2 Å². The van der Waals surface area contributed by atoms with Gasteiger partial charge in [-0.15, -0.1) is 0 Å². The summed E-state index contributed by atoms with van der Waals surface area (Å²) in [6.45, 7) is 2.13. The van der Waals surface area contributed by atoms with Crippen LogP contribution in [0.1, 0.15) is 32.6 Å². The molecule has 21 heavy (non-hydrogen) atoms. The normalized spacial score (nSPS) is 17.0. The summed E-state index contributed by atoms with van der Waals surface area (Å²) in [5.41, 5.74) is 0.977. The zero-order valence-electron chi connectivity index (χ0n) is 12.5. The second-order valence-corrected chi connectivity index (χ2v) is 7.14. The lowest BCUT2D eigenvalue weighted by Gasteiger charge is -2.32. The van der Waals surface area contributed by atoms with Crippen molar-refractivity contribution < 1.29 is 13.2 Å². The van der Waals surface area contributed by atoms with E-state index in [-0.39, 0.29) is 4.90 Å². The van der Waals surface area contributed by atoms with Crippen molar-refractivity contribution in [2.24, 2.45) is 0 Å². The highest BCUT2D eigenvalue weighted by Crippen LogP contribution is 2.25. The van der Waals surface area contributed by atoms with E-state index >= 15 is 0 Å². The van der Waals surface area contributed by atoms with Crippen molar-refractivity contribution in [3.8, 4) is 0 Å². The van der Waals surface area contributed by atoms with Gasteiger partial charge in [0.15, 0.2) is 0 Å². The van der Waals surface area contributed by atoms with Gasteiger partial charge in [0.1, 0.15) is 5.78 Å². The van der Waals surface area contributed by atoms with Crippen LogP contribution < -0.4 is 9.62 Å². The molecule has 1 aromatic rings. The van der Waals surface area contributed by atoms with E-state index in [1.165, 1.54) is 0 Å². The van der Waals surface area contributed by atoms with Crippen LogP contribution in [0, 0.1) is 0 Å². The largest absolute Gasteiger partial charge is 0.372 e. The first-order chi connectivity index (χ1) is 9.94. The van der Waals surface area contributed by atoms with E-state index in [2.05, 4.69) is 9.62 Å². The number of rotatable bonds is 5. The summed E-state index contributed by atoms with van der Waals surface area (Å²) in [7, 11) is -1.40. The number of sulfonamides is 1. The minimum Gasteiger partial charge on any atom is -0.372 e. The van der Waals surface area contributed by atoms with Gasteiger partial charge in [0.25, 0.3) is 0 Å². The van der Waals surface area contributed by atoms with Crippen molar-refractivity contribution in [2.75, 3.05) is 18.5 Å². The maximum atomic E-state index is 11.9. The summed E-state index contributed by atoms with van der Waals surface area (Å²) >= 11 is 0. The molecular formula is C15H22N2O3S. The Balaban J connectivity index is 2.10. The van der Waals surface area contributed by atoms with Gasteiger partial charge in [0.05, 0.1) is 4.90 Å². The number of hydrogen-bond donors (Lipinski definition) is 1. The minimum absolute atomic E-state index is 0.278. The maximum absolute atomic E-state index is 11.9. The quantitative estimate of drug-likeness (QED) is 0.902. The molecule has 1 saturated carbocycles. The fraction of sp³-hybridized carbons (Fsp3) is 0.533. The zero-order chi connectivity index (χ0) is 15.5. The van der Waals surface area contributed by atoms with Crippen molar-refractivity contribution in [2.45, 2.75) is 43.5 Å². The van der Waals surface area contributed by atoms with Crippen molar-refractivity contribution in [3.05, 3.63) is 24.3 Å². The Hall–Kier alpha value is -1.40. The Morgan fingerprint density at radius 1 is 1.19 bits per heavy atom. The van der Waals surface area contributed by atoms with Crippen LogP contribution in [-0.2, 0) is 14.8 Å². The summed E-state index contributed by atoms with van der Waals surface area (Å²) in [4.78, 5) is 13.7. The van der Waals surface area contributed by atoms with Gasteiger partial charge >= 0.3 is 0 Å². The van der Waals surface area contributed by atoms with Gasteiger partial charge < -0.3 is 4.90 Å². The van der Waals surface area contributed by atoms with Crippen molar-refractivity contribution in [1.29, 1.82) is 0 Å². The number of ketones is 1. The number of anilines is 1. The summed E-state index contributed by atoms with van der Waals surface area (Å²) in [5.74, 6) is 0.340. The molecule has 5 nitrogen and oxygen atoms in total. The number of carbonyl (C=O) groups is 1. The Bertz CT molecular complexity index is 586. The molecule has 0 amide bonds. The second kappa shape index (κ2) is 6.58. The molecule has 116 valence electrons. The third-order valence-corrected chi connectivity index (χ3v) is 5.51. The van der Waals surface area contributed by atoms with Crippen molar-refractivity contribution in [1.82, 2.24) is 4.72 Å². The van der Waals surface area contributed by atoms with E-state index in [0.717, 1.165) is 18.5 Å². The monoisotopic (exact) mass is 310 g/mol. The molecule has 2 rings (SSSR count). The van der Waals surface area contributed by atoms with Crippen LogP contribution in [-0.4, -0.2) is 33.8 Å². The van der Waals surface area contributed by atoms with E-state index in [0.29, 0.717) is 31.2 Å². The lowest BCUT2D eigenvalue weighted by Crippen LogP contribution is -2.35. The molecule has 6 heteroatoms. The summed E-state index contributed by atoms with van der Waals surface area (Å²) in [6, 6.07) is 7.23. The summed E-state index contributed by atoms with van der Waals surface area (Å²) < 4.78 is 26.3. The minimum atomic E-state index is -3.40. The SMILES string of the molecule is CCNS(=O)(=O)c1ccc(N(C)C2CCC(=O)CC2)cc1. The molecule has 0 saturated heterocycles. The molecule has 0 aliphatic heterocycles. The first-order valence-corrected chi connectivity index (χ1v) is 8.76. The van der Waals surface area contributed by atoms with E-state index in [1.54, 1.807) is 19.1 Å². The van der Waals surface area contributed by atoms with Gasteiger partial charge in [-0.05, 0) is 37.1 Å². The van der Waals surface area contributed by atoms with Gasteiger partial charge in [-0.1, -0.05) is 6.92 Å². The molecule has 0 bridgehead atoms. The highest BCUT2D eigenvalue weighted by Gasteiger charge is 2.22. The van der Waals surface area contributed by atoms with Crippen LogP contribution in [0.5, 0.6) is 0 Å². The molecule has 1 aliphatic carbocycles. The highest BCUT2D eigenvalue weighted by atomic mass is 32.2. The third-order valence-electron chi connectivity index (χ3n) is 3.95. The van der Waals surface area contributed by atoms with Crippen LogP contribution in [0.3, 0.4) is 0 Å². The van der Waals surface area contributed by atoms with Crippen LogP contribution in [0.15, 0.2) is 29.2 Å². The lowest BCUT2D eigenvalue weighted by molar-refractivity contribution is -0.120. The molecule has 0 atom stereocenters. The Morgan fingerprint density at radius 3 is 2.29 bits per heavy atom. The van der Waals surface area contributed by atoms with Gasteiger partial charge in [-0.2, -0.15) is 0 Å². The Labute approximate surface area is 126 Å². The zero-order valence-corrected chi connectivity index (χ0v) is 13.3. The Morgan fingerprint density at radius 2 is 1.76 bits per heavy atom. The smallest absolute Gasteiger partial charge is 0.240 e. The van der Waals surface area contributed by atoms with Crippen LogP contribution in [0.2, 0.25) is 0 Å². The molecule has 0 aromatic heterocycles. The van der Waals surface area contributed by atoms with E-state index in [4.69, 9.17) is 0 Å². The molecule has 0 heterocycles. The predicted molar refractivity (Wildman–Crippen MR) is 83.0 cm³/mol. The van der Waals surface area contributed by atoms with Gasteiger partial charge in [0.2, 0.25) is 10.0 Å². The maximum Gasteiger partial charge on any atom is 0.240 e. The van der Waals surface area contributed by atoms with Crippen molar-refractivity contribution >= 4 is 21.5 Å². The van der Waals surface area contributed by atoms with Crippen molar-refractivity contribution in [3.63, 3.8) is 0 Å². The molecular weight excluding hydrogens is 288 g/mol. The van der Waals surface area contributed by atoms with Crippen LogP contribution in [0.25, 0.3) is 0 Å². The van der Waals surface area contributed by atoms with Crippen LogP contribution in [0.4, 0.5) is 5.69 Å². The fourth-order valence-corrected chi connectivity index (χ4v) is 3.70. The number of benzene rings is 1. The first-order valence-electron chi connectivity index (χ1n) is 7.28. The van der Waals surface area contributed by atoms with E-state index < -0.39 is 10.0 Å². The average molecular weight is 310 g/mol. The highest BCUT2D eigenvalue weighted by molar-refractivity contribution is 7.89. The summed E-state index contributed by atoms with van der Waals surface area (Å²) in [6.07, 6.45) is 3.02. The number of hydrogen-bond acceptors (Lipinski definition) is 4. The molecule has 1 aromatic carbocycles. The number of carbonyl (C=O) groups excluding carboxylic acids is 1. The molecule has 1 N–H and O–H groups in total. The third kappa shape index (κ3) is 3.83. The Kier molecular flexibility index (Phi) is 5.00. The predicted octanol–water partition coefficient (Wildman–Crippen LogP) is 1.93. The summed E-state index contributed by atoms with van der Waals surface area (Å²) in [5, 5.41) is 0. The topological polar surface area (TPSA) is 66.5 Å².